The van der Waals surface area contributed by atoms with Gasteiger partial charge in [0, 0.05) is 24.5 Å². The molecule has 84 valence electrons. The van der Waals surface area contributed by atoms with E-state index in [1.807, 2.05) is 18.5 Å². The van der Waals surface area contributed by atoms with Crippen molar-refractivity contribution in [1.29, 1.82) is 0 Å². The molecule has 3 N–H and O–H groups in total. The third-order valence-electron chi connectivity index (χ3n) is 2.51. The number of methoxy groups -OCH3 is 1. The maximum Gasteiger partial charge on any atom is 0.165 e. The van der Waals surface area contributed by atoms with Crippen LogP contribution < -0.4 is 10.5 Å². The molecule has 3 nitrogen and oxygen atoms in total. The summed E-state index contributed by atoms with van der Waals surface area (Å²) in [7, 11) is 1.44. The molecule has 0 unspecified atom stereocenters. The van der Waals surface area contributed by atoms with Crippen LogP contribution >= 0.6 is 0 Å². The normalized spacial score (nSPS) is 10.4. The molecule has 1 heterocycles. The van der Waals surface area contributed by atoms with Crippen molar-refractivity contribution in [3.8, 4) is 16.9 Å². The van der Waals surface area contributed by atoms with Gasteiger partial charge in [-0.25, -0.2) is 4.39 Å². The Hall–Kier alpha value is -1.81. The SMILES string of the molecule is COc1ccc(-c2c[nH]cc2CN)cc1F. The van der Waals surface area contributed by atoms with Gasteiger partial charge in [0.15, 0.2) is 11.6 Å². The van der Waals surface area contributed by atoms with E-state index in [-0.39, 0.29) is 11.6 Å². The number of aromatic nitrogens is 1. The van der Waals surface area contributed by atoms with E-state index < -0.39 is 0 Å². The largest absolute Gasteiger partial charge is 0.494 e. The van der Waals surface area contributed by atoms with E-state index in [4.69, 9.17) is 10.5 Å². The quantitative estimate of drug-likeness (QED) is 0.833. The number of nitrogens with two attached hydrogens (primary N) is 1. The van der Waals surface area contributed by atoms with Gasteiger partial charge in [0.1, 0.15) is 0 Å². The molecule has 0 radical (unpaired) electrons. The maximum atomic E-state index is 13.5. The molecule has 0 aliphatic rings. The monoisotopic (exact) mass is 220 g/mol. The highest BCUT2D eigenvalue weighted by Gasteiger charge is 2.08. The average molecular weight is 220 g/mol. The Balaban J connectivity index is 2.45. The number of hydrogen-bond acceptors (Lipinski definition) is 2. The highest BCUT2D eigenvalue weighted by Crippen LogP contribution is 2.27. The van der Waals surface area contributed by atoms with Crippen LogP contribution in [0, 0.1) is 5.82 Å². The molecule has 0 bridgehead atoms. The van der Waals surface area contributed by atoms with Crippen LogP contribution in [0.2, 0.25) is 0 Å². The average Bonchev–Trinajstić information content (AvgIpc) is 2.77. The van der Waals surface area contributed by atoms with Gasteiger partial charge in [0.2, 0.25) is 0 Å². The van der Waals surface area contributed by atoms with Gasteiger partial charge in [-0.1, -0.05) is 6.07 Å². The van der Waals surface area contributed by atoms with Crippen molar-refractivity contribution in [2.24, 2.45) is 5.73 Å². The highest BCUT2D eigenvalue weighted by molar-refractivity contribution is 5.67. The molecule has 16 heavy (non-hydrogen) atoms. The van der Waals surface area contributed by atoms with Crippen LogP contribution in [0.15, 0.2) is 30.6 Å². The summed E-state index contributed by atoms with van der Waals surface area (Å²) in [5.74, 6) is -0.127. The minimum Gasteiger partial charge on any atom is -0.494 e. The fourth-order valence-electron chi connectivity index (χ4n) is 1.67. The molecule has 1 aromatic carbocycles. The molecular weight excluding hydrogens is 207 g/mol. The molecule has 0 amide bonds. The lowest BCUT2D eigenvalue weighted by molar-refractivity contribution is 0.386. The summed E-state index contributed by atoms with van der Waals surface area (Å²) < 4.78 is 18.4. The summed E-state index contributed by atoms with van der Waals surface area (Å²) in [4.78, 5) is 2.96. The molecule has 0 spiro atoms. The van der Waals surface area contributed by atoms with Crippen molar-refractivity contribution < 1.29 is 9.13 Å². The van der Waals surface area contributed by atoms with Crippen molar-refractivity contribution in [3.63, 3.8) is 0 Å². The Bertz CT molecular complexity index is 494. The Morgan fingerprint density at radius 2 is 2.19 bits per heavy atom. The van der Waals surface area contributed by atoms with E-state index in [1.54, 1.807) is 6.07 Å². The number of halogens is 1. The number of hydrogen-bond donors (Lipinski definition) is 2. The van der Waals surface area contributed by atoms with E-state index in [2.05, 4.69) is 4.98 Å². The molecule has 2 aromatic rings. The second kappa shape index (κ2) is 4.37. The number of nitrogens with one attached hydrogen (secondary N) is 1. The molecule has 0 saturated heterocycles. The summed E-state index contributed by atoms with van der Waals surface area (Å²) in [5.41, 5.74) is 8.26. The molecule has 2 rings (SSSR count). The number of benzene rings is 1. The van der Waals surface area contributed by atoms with Crippen molar-refractivity contribution in [1.82, 2.24) is 4.98 Å². The zero-order chi connectivity index (χ0) is 11.5. The molecule has 0 atom stereocenters. The topological polar surface area (TPSA) is 51.0 Å². The van der Waals surface area contributed by atoms with Crippen molar-refractivity contribution >= 4 is 0 Å². The molecule has 0 aliphatic heterocycles. The minimum atomic E-state index is -0.371. The number of ether oxygens (including phenoxy) is 1. The van der Waals surface area contributed by atoms with Gasteiger partial charge in [0.25, 0.3) is 0 Å². The first-order chi connectivity index (χ1) is 7.76. The van der Waals surface area contributed by atoms with Crippen LogP contribution in [0.3, 0.4) is 0 Å². The predicted octanol–water partition coefficient (Wildman–Crippen LogP) is 2.29. The molecule has 0 aliphatic carbocycles. The lowest BCUT2D eigenvalue weighted by Gasteiger charge is -2.05. The van der Waals surface area contributed by atoms with Crippen LogP contribution in [0.25, 0.3) is 11.1 Å². The Morgan fingerprint density at radius 1 is 1.38 bits per heavy atom. The number of H-pyrrole nitrogens is 1. The standard InChI is InChI=1S/C12H13FN2O/c1-16-12-3-2-8(4-11(12)13)10-7-15-6-9(10)5-14/h2-4,6-7,15H,5,14H2,1H3. The minimum absolute atomic E-state index is 0.244. The van der Waals surface area contributed by atoms with Gasteiger partial charge >= 0.3 is 0 Å². The van der Waals surface area contributed by atoms with Crippen molar-refractivity contribution in [3.05, 3.63) is 42.0 Å². The highest BCUT2D eigenvalue weighted by atomic mass is 19.1. The molecule has 0 fully saturated rings. The van der Waals surface area contributed by atoms with Gasteiger partial charge in [0.05, 0.1) is 7.11 Å². The maximum absolute atomic E-state index is 13.5. The number of rotatable bonds is 3. The van der Waals surface area contributed by atoms with Crippen LogP contribution in [0.5, 0.6) is 5.75 Å². The van der Waals surface area contributed by atoms with Crippen LogP contribution in [0.1, 0.15) is 5.56 Å². The lowest BCUT2D eigenvalue weighted by Crippen LogP contribution is -1.96. The summed E-state index contributed by atoms with van der Waals surface area (Å²) in [6.07, 6.45) is 3.63. The zero-order valence-corrected chi connectivity index (χ0v) is 8.96. The van der Waals surface area contributed by atoms with E-state index >= 15 is 0 Å². The smallest absolute Gasteiger partial charge is 0.165 e. The second-order valence-corrected chi connectivity index (χ2v) is 3.45. The second-order valence-electron chi connectivity index (χ2n) is 3.45. The summed E-state index contributed by atoms with van der Waals surface area (Å²) in [6, 6.07) is 4.86. The first-order valence-corrected chi connectivity index (χ1v) is 4.96. The van der Waals surface area contributed by atoms with Gasteiger partial charge in [-0.15, -0.1) is 0 Å². The van der Waals surface area contributed by atoms with E-state index in [9.17, 15) is 4.39 Å². The lowest BCUT2D eigenvalue weighted by atomic mass is 10.0. The van der Waals surface area contributed by atoms with Gasteiger partial charge < -0.3 is 15.5 Å². The Labute approximate surface area is 93.0 Å². The van der Waals surface area contributed by atoms with Gasteiger partial charge in [-0.05, 0) is 23.3 Å². The third kappa shape index (κ3) is 1.79. The molecule has 1 aromatic heterocycles. The Morgan fingerprint density at radius 3 is 2.81 bits per heavy atom. The molecular formula is C12H13FN2O. The fourth-order valence-corrected chi connectivity index (χ4v) is 1.67. The van der Waals surface area contributed by atoms with Crippen molar-refractivity contribution in [2.45, 2.75) is 6.54 Å². The summed E-state index contributed by atoms with van der Waals surface area (Å²) in [6.45, 7) is 0.423. The van der Waals surface area contributed by atoms with Crippen molar-refractivity contribution in [2.75, 3.05) is 7.11 Å². The van der Waals surface area contributed by atoms with E-state index in [1.165, 1.54) is 13.2 Å². The van der Waals surface area contributed by atoms with E-state index in [0.717, 1.165) is 16.7 Å². The van der Waals surface area contributed by atoms with Crippen LogP contribution in [-0.4, -0.2) is 12.1 Å². The molecule has 0 saturated carbocycles. The van der Waals surface area contributed by atoms with E-state index in [0.29, 0.717) is 6.54 Å². The van der Waals surface area contributed by atoms with Crippen LogP contribution in [-0.2, 0) is 6.54 Å². The first-order valence-electron chi connectivity index (χ1n) is 4.96. The predicted molar refractivity (Wildman–Crippen MR) is 60.6 cm³/mol. The number of aromatic amines is 1. The Kier molecular flexibility index (Phi) is 2.92. The zero-order valence-electron chi connectivity index (χ0n) is 8.96. The fraction of sp³-hybridized carbons (Fsp3) is 0.167. The first kappa shape index (κ1) is 10.7. The van der Waals surface area contributed by atoms with Gasteiger partial charge in [-0.3, -0.25) is 0 Å². The van der Waals surface area contributed by atoms with Crippen LogP contribution in [0.4, 0.5) is 4.39 Å². The summed E-state index contributed by atoms with van der Waals surface area (Å²) >= 11 is 0. The third-order valence-corrected chi connectivity index (χ3v) is 2.51. The summed E-state index contributed by atoms with van der Waals surface area (Å²) in [5, 5.41) is 0. The molecule has 4 heteroatoms. The van der Waals surface area contributed by atoms with Gasteiger partial charge in [-0.2, -0.15) is 0 Å².